The van der Waals surface area contributed by atoms with Gasteiger partial charge in [-0.3, -0.25) is 13.9 Å². The third kappa shape index (κ3) is 5.42. The molecule has 4 atom stereocenters. The van der Waals surface area contributed by atoms with Crippen molar-refractivity contribution in [3.8, 4) is 0 Å². The van der Waals surface area contributed by atoms with Gasteiger partial charge in [0.05, 0.1) is 19.5 Å². The number of rotatable bonds is 8. The monoisotopic (exact) mass is 629 g/mol. The third-order valence-corrected chi connectivity index (χ3v) is 19.3. The summed E-state index contributed by atoms with van der Waals surface area (Å²) in [4.78, 5) is 22.7. The van der Waals surface area contributed by atoms with Crippen molar-refractivity contribution in [3.05, 3.63) is 52.6 Å². The number of anilines is 1. The number of imidazole rings is 1. The van der Waals surface area contributed by atoms with Gasteiger partial charge in [0, 0.05) is 7.11 Å². The Morgan fingerprint density at radius 2 is 1.63 bits per heavy atom. The molecule has 0 radical (unpaired) electrons. The van der Waals surface area contributed by atoms with Gasteiger partial charge in [-0.05, 0) is 27.7 Å². The second-order valence-corrected chi connectivity index (χ2v) is 21.8. The van der Waals surface area contributed by atoms with Crippen molar-refractivity contribution >= 4 is 34.2 Å². The van der Waals surface area contributed by atoms with Gasteiger partial charge >= 0.3 is 17.1 Å². The number of methoxy groups -OCH3 is 1. The Bertz CT molecular complexity index is 1460. The number of aromatic nitrogens is 4. The van der Waals surface area contributed by atoms with Crippen molar-refractivity contribution in [3.63, 3.8) is 0 Å². The average Bonchev–Trinajstić information content (AvgIpc) is 3.51. The first kappa shape index (κ1) is 32.0. The van der Waals surface area contributed by atoms with Gasteiger partial charge in [-0.25, -0.2) is 4.98 Å². The molecule has 2 aliphatic rings. The standard InChI is InChI=1S/C30H47N5O6Si2/c1-18(2)42(19(3)4)38-16-23-25(40-43(41-42,20(5)6)21(7)8)26(37-9)29(39-23)35-17-32-24-27(35)33-30(31)34(28(24)36)15-22-13-11-10-12-14-22/h10-14,17-21,23,25-26,29H,15-16H2,1-9H3,(H2,31,33)/t23-,25-,26-,29-/m1/s1. The molecule has 11 nitrogen and oxygen atoms in total. The van der Waals surface area contributed by atoms with E-state index in [1.54, 1.807) is 18.0 Å². The predicted molar refractivity (Wildman–Crippen MR) is 170 cm³/mol. The van der Waals surface area contributed by atoms with Crippen LogP contribution in [0.1, 0.15) is 67.2 Å². The van der Waals surface area contributed by atoms with Crippen LogP contribution in [0.2, 0.25) is 22.2 Å². The van der Waals surface area contributed by atoms with E-state index in [9.17, 15) is 4.79 Å². The molecule has 0 bridgehead atoms. The first-order chi connectivity index (χ1) is 20.4. The second kappa shape index (κ2) is 12.2. The van der Waals surface area contributed by atoms with Crippen molar-refractivity contribution in [2.75, 3.05) is 19.5 Å². The van der Waals surface area contributed by atoms with Crippen LogP contribution in [0.15, 0.2) is 41.5 Å². The Hall–Kier alpha value is -2.40. The lowest BCUT2D eigenvalue weighted by Crippen LogP contribution is -2.65. The van der Waals surface area contributed by atoms with E-state index in [-0.39, 0.29) is 39.2 Å². The first-order valence-corrected chi connectivity index (χ1v) is 19.3. The van der Waals surface area contributed by atoms with Crippen LogP contribution < -0.4 is 11.3 Å². The molecular weight excluding hydrogens is 583 g/mol. The van der Waals surface area contributed by atoms with Gasteiger partial charge in [0.1, 0.15) is 18.3 Å². The van der Waals surface area contributed by atoms with Crippen LogP contribution in [0.5, 0.6) is 0 Å². The zero-order valence-electron chi connectivity index (χ0n) is 26.8. The van der Waals surface area contributed by atoms with Gasteiger partial charge in [-0.15, -0.1) is 0 Å². The maximum absolute atomic E-state index is 13.6. The normalized spacial score (nSPS) is 25.5. The van der Waals surface area contributed by atoms with E-state index in [0.29, 0.717) is 18.8 Å². The highest BCUT2D eigenvalue weighted by molar-refractivity contribution is 6.84. The van der Waals surface area contributed by atoms with E-state index in [0.717, 1.165) is 5.56 Å². The number of hydrogen-bond donors (Lipinski definition) is 1. The average molecular weight is 630 g/mol. The van der Waals surface area contributed by atoms with Gasteiger partial charge in [-0.1, -0.05) is 85.7 Å². The van der Waals surface area contributed by atoms with Crippen LogP contribution in [0, 0.1) is 0 Å². The summed E-state index contributed by atoms with van der Waals surface area (Å²) in [6, 6.07) is 9.65. The van der Waals surface area contributed by atoms with Gasteiger partial charge in [0.2, 0.25) is 5.95 Å². The fourth-order valence-electron chi connectivity index (χ4n) is 6.72. The Morgan fingerprint density at radius 3 is 2.21 bits per heavy atom. The predicted octanol–water partition coefficient (Wildman–Crippen LogP) is 5.09. The zero-order valence-corrected chi connectivity index (χ0v) is 28.8. The van der Waals surface area contributed by atoms with E-state index in [4.69, 9.17) is 28.2 Å². The first-order valence-electron chi connectivity index (χ1n) is 15.3. The van der Waals surface area contributed by atoms with E-state index in [1.165, 1.54) is 4.57 Å². The van der Waals surface area contributed by atoms with Gasteiger partial charge in [0.25, 0.3) is 5.56 Å². The third-order valence-electron chi connectivity index (χ3n) is 9.06. The molecule has 0 amide bonds. The highest BCUT2D eigenvalue weighted by atomic mass is 28.5. The highest BCUT2D eigenvalue weighted by Crippen LogP contribution is 2.48. The van der Waals surface area contributed by atoms with E-state index in [1.807, 2.05) is 30.3 Å². The Morgan fingerprint density at radius 1 is 1.00 bits per heavy atom. The number of nitrogens with zero attached hydrogens (tertiary/aromatic N) is 4. The van der Waals surface area contributed by atoms with Crippen molar-refractivity contribution in [1.82, 2.24) is 19.1 Å². The molecule has 0 unspecified atom stereocenters. The van der Waals surface area contributed by atoms with E-state index >= 15 is 0 Å². The van der Waals surface area contributed by atoms with Gasteiger partial charge in [0.15, 0.2) is 17.4 Å². The van der Waals surface area contributed by atoms with Crippen LogP contribution >= 0.6 is 0 Å². The topological polar surface area (TPSA) is 125 Å². The number of ether oxygens (including phenoxy) is 2. The quantitative estimate of drug-likeness (QED) is 0.339. The molecule has 0 saturated carbocycles. The number of hydrogen-bond acceptors (Lipinski definition) is 9. The van der Waals surface area contributed by atoms with Crippen molar-refractivity contribution < 1.29 is 22.4 Å². The van der Waals surface area contributed by atoms with Gasteiger partial charge < -0.3 is 28.2 Å². The van der Waals surface area contributed by atoms with Crippen LogP contribution in [-0.2, 0) is 29.0 Å². The van der Waals surface area contributed by atoms with E-state index in [2.05, 4.69) is 65.4 Å². The largest absolute Gasteiger partial charge is 0.414 e. The van der Waals surface area contributed by atoms with Crippen LogP contribution in [0.4, 0.5) is 5.95 Å². The second-order valence-electron chi connectivity index (χ2n) is 13.0. The Labute approximate surface area is 256 Å². The lowest BCUT2D eigenvalue weighted by molar-refractivity contribution is -0.0602. The van der Waals surface area contributed by atoms with Crippen molar-refractivity contribution in [2.24, 2.45) is 0 Å². The summed E-state index contributed by atoms with van der Waals surface area (Å²) < 4.78 is 37.5. The molecule has 2 aliphatic heterocycles. The molecular formula is C30H47N5O6Si2. The highest BCUT2D eigenvalue weighted by Gasteiger charge is 2.62. The molecule has 3 aromatic rings. The number of nitrogens with two attached hydrogens (primary N) is 1. The summed E-state index contributed by atoms with van der Waals surface area (Å²) in [5, 5.41) is 0. The van der Waals surface area contributed by atoms with Crippen LogP contribution in [0.3, 0.4) is 0 Å². The Kier molecular flexibility index (Phi) is 9.07. The number of nitrogen functional groups attached to an aromatic ring is 1. The Balaban J connectivity index is 1.56. The van der Waals surface area contributed by atoms with Crippen molar-refractivity contribution in [2.45, 2.75) is 109 Å². The lowest BCUT2D eigenvalue weighted by Gasteiger charge is -2.51. The summed E-state index contributed by atoms with van der Waals surface area (Å²) >= 11 is 0. The molecule has 2 saturated heterocycles. The lowest BCUT2D eigenvalue weighted by atomic mass is 10.1. The van der Waals surface area contributed by atoms with E-state index < -0.39 is 41.7 Å². The van der Waals surface area contributed by atoms with Gasteiger partial charge in [-0.2, -0.15) is 4.98 Å². The summed E-state index contributed by atoms with van der Waals surface area (Å²) in [5.74, 6) is 0.102. The van der Waals surface area contributed by atoms with Crippen LogP contribution in [-0.4, -0.2) is 68.3 Å². The molecule has 2 N–H and O–H groups in total. The maximum Gasteiger partial charge on any atom is 0.335 e. The molecule has 5 rings (SSSR count). The SMILES string of the molecule is CO[C@@H]1[C@@H]2O[Si](C(C)C)(C(C)C)O[Si](C(C)C)(C(C)C)OC[C@H]2O[C@H]1n1cnc2c(=O)n(Cc3ccccc3)c(N)nc21. The molecule has 0 spiro atoms. The summed E-state index contributed by atoms with van der Waals surface area (Å²) in [5.41, 5.74) is 8.31. The van der Waals surface area contributed by atoms with Crippen molar-refractivity contribution in [1.29, 1.82) is 0 Å². The minimum absolute atomic E-state index is 0.102. The zero-order chi connectivity index (χ0) is 31.3. The maximum atomic E-state index is 13.6. The van der Waals surface area contributed by atoms with Crippen LogP contribution in [0.25, 0.3) is 11.2 Å². The molecule has 1 aromatic carbocycles. The molecule has 13 heteroatoms. The fourth-order valence-corrected chi connectivity index (χ4v) is 17.9. The molecule has 0 aliphatic carbocycles. The molecule has 236 valence electrons. The summed E-state index contributed by atoms with van der Waals surface area (Å²) in [6.07, 6.45) is -0.480. The summed E-state index contributed by atoms with van der Waals surface area (Å²) in [6.45, 7) is 18.1. The number of benzene rings is 1. The number of fused-ring (bicyclic) bond motifs is 2. The smallest absolute Gasteiger partial charge is 0.335 e. The fraction of sp³-hybridized carbons (Fsp3) is 0.633. The molecule has 43 heavy (non-hydrogen) atoms. The minimum Gasteiger partial charge on any atom is -0.414 e. The summed E-state index contributed by atoms with van der Waals surface area (Å²) in [7, 11) is -3.98. The molecule has 2 fully saturated rings. The molecule has 4 heterocycles. The molecule has 2 aromatic heterocycles. The minimum atomic E-state index is -2.89.